The smallest absolute Gasteiger partial charge is 0.340 e. The Morgan fingerprint density at radius 3 is 2.04 bits per heavy atom. The van der Waals surface area contributed by atoms with E-state index >= 15 is 0 Å². The molecular weight excluding hydrogens is 364 g/mol. The van der Waals surface area contributed by atoms with E-state index < -0.39 is 29.9 Å². The molecule has 1 aromatic rings. The topological polar surface area (TPSA) is 103 Å². The molecule has 0 bridgehead atoms. The molecule has 0 radical (unpaired) electrons. The number of carbonyl (C=O) groups excluding carboxylic acids is 3. The molecule has 0 heterocycles. The fraction of sp³-hybridized carbons (Fsp3) is 0.550. The average molecular weight is 394 g/mol. The van der Waals surface area contributed by atoms with Gasteiger partial charge in [0.15, 0.2) is 0 Å². The van der Waals surface area contributed by atoms with Gasteiger partial charge >= 0.3 is 11.9 Å². The van der Waals surface area contributed by atoms with E-state index in [1.807, 2.05) is 44.2 Å². The molecule has 1 atom stereocenters. The van der Waals surface area contributed by atoms with Gasteiger partial charge in [0.05, 0.1) is 19.8 Å². The molecule has 1 aromatic carbocycles. The Morgan fingerprint density at radius 1 is 0.964 bits per heavy atom. The molecule has 0 fully saturated rings. The third-order valence-corrected chi connectivity index (χ3v) is 3.66. The van der Waals surface area contributed by atoms with E-state index in [1.54, 1.807) is 13.8 Å². The number of esters is 2. The molecule has 8 nitrogen and oxygen atoms in total. The van der Waals surface area contributed by atoms with E-state index in [9.17, 15) is 14.4 Å². The predicted octanol–water partition coefficient (Wildman–Crippen LogP) is 1.73. The van der Waals surface area contributed by atoms with Crippen LogP contribution in [-0.4, -0.2) is 43.1 Å². The van der Waals surface area contributed by atoms with Crippen LogP contribution in [0.25, 0.3) is 0 Å². The molecule has 28 heavy (non-hydrogen) atoms. The molecule has 1 rings (SSSR count). The Kier molecular flexibility index (Phi) is 10.8. The number of hydroxylamine groups is 1. The Bertz CT molecular complexity index is 602. The lowest BCUT2D eigenvalue weighted by Crippen LogP contribution is -2.54. The number of nitrogens with one attached hydrogen (secondary N) is 2. The number of ether oxygens (including phenoxy) is 2. The highest BCUT2D eigenvalue weighted by atomic mass is 16.6. The molecule has 156 valence electrons. The minimum atomic E-state index is -1.52. The van der Waals surface area contributed by atoms with Crippen molar-refractivity contribution in [2.45, 2.75) is 52.8 Å². The highest BCUT2D eigenvalue weighted by molar-refractivity contribution is 6.03. The molecule has 0 aliphatic rings. The fourth-order valence-electron chi connectivity index (χ4n) is 2.39. The monoisotopic (exact) mass is 394 g/mol. The summed E-state index contributed by atoms with van der Waals surface area (Å²) in [5, 5.41) is 2.41. The standard InChI is InChI=1S/C20H30N2O6/c1-5-26-19(24)17(20(25)27-6-2)21-18(23)16(12-14(3)4)22-28-13-15-10-8-7-9-11-15/h7-11,14,16-17,22H,5-6,12-13H2,1-4H3,(H,21,23)/t16-/m0/s1. The van der Waals surface area contributed by atoms with Crippen molar-refractivity contribution < 1.29 is 28.7 Å². The molecular formula is C20H30N2O6. The predicted molar refractivity (Wildman–Crippen MR) is 103 cm³/mol. The lowest BCUT2D eigenvalue weighted by atomic mass is 10.0. The summed E-state index contributed by atoms with van der Waals surface area (Å²) in [5.41, 5.74) is 3.67. The molecule has 2 N–H and O–H groups in total. The lowest BCUT2D eigenvalue weighted by Gasteiger charge is -2.22. The van der Waals surface area contributed by atoms with Crippen LogP contribution >= 0.6 is 0 Å². The summed E-state index contributed by atoms with van der Waals surface area (Å²) in [4.78, 5) is 42.2. The van der Waals surface area contributed by atoms with Crippen LogP contribution in [0, 0.1) is 5.92 Å². The van der Waals surface area contributed by atoms with E-state index in [0.29, 0.717) is 6.42 Å². The second-order valence-corrected chi connectivity index (χ2v) is 6.52. The maximum absolute atomic E-state index is 12.7. The number of hydrogen-bond acceptors (Lipinski definition) is 7. The second kappa shape index (κ2) is 12.9. The van der Waals surface area contributed by atoms with Crippen molar-refractivity contribution in [3.8, 4) is 0 Å². The van der Waals surface area contributed by atoms with Gasteiger partial charge in [-0.2, -0.15) is 5.48 Å². The van der Waals surface area contributed by atoms with Gasteiger partial charge in [-0.05, 0) is 31.7 Å². The first-order valence-corrected chi connectivity index (χ1v) is 9.43. The van der Waals surface area contributed by atoms with Crippen LogP contribution in [0.15, 0.2) is 30.3 Å². The first-order chi connectivity index (χ1) is 13.4. The van der Waals surface area contributed by atoms with Crippen LogP contribution in [0.5, 0.6) is 0 Å². The quantitative estimate of drug-likeness (QED) is 0.316. The van der Waals surface area contributed by atoms with Crippen molar-refractivity contribution in [2.75, 3.05) is 13.2 Å². The number of amides is 1. The lowest BCUT2D eigenvalue weighted by molar-refractivity contribution is -0.160. The van der Waals surface area contributed by atoms with E-state index in [1.165, 1.54) is 0 Å². The van der Waals surface area contributed by atoms with Crippen LogP contribution in [0.4, 0.5) is 0 Å². The van der Waals surface area contributed by atoms with Crippen molar-refractivity contribution in [3.63, 3.8) is 0 Å². The van der Waals surface area contributed by atoms with Crippen LogP contribution in [0.3, 0.4) is 0 Å². The maximum Gasteiger partial charge on any atom is 0.340 e. The third-order valence-electron chi connectivity index (χ3n) is 3.66. The van der Waals surface area contributed by atoms with Gasteiger partial charge in [0.2, 0.25) is 11.9 Å². The minimum Gasteiger partial charge on any atom is -0.464 e. The summed E-state index contributed by atoms with van der Waals surface area (Å²) in [6.07, 6.45) is 0.443. The van der Waals surface area contributed by atoms with Crippen LogP contribution in [0.2, 0.25) is 0 Å². The zero-order valence-electron chi connectivity index (χ0n) is 16.9. The largest absolute Gasteiger partial charge is 0.464 e. The molecule has 0 aliphatic carbocycles. The van der Waals surface area contributed by atoms with Crippen LogP contribution in [0.1, 0.15) is 39.7 Å². The zero-order valence-corrected chi connectivity index (χ0v) is 16.9. The highest BCUT2D eigenvalue weighted by Crippen LogP contribution is 2.07. The zero-order chi connectivity index (χ0) is 20.9. The summed E-state index contributed by atoms with van der Waals surface area (Å²) in [6.45, 7) is 7.56. The third kappa shape index (κ3) is 8.49. The maximum atomic E-state index is 12.7. The normalized spacial score (nSPS) is 11.9. The van der Waals surface area contributed by atoms with Crippen molar-refractivity contribution in [3.05, 3.63) is 35.9 Å². The Labute approximate surface area is 165 Å². The van der Waals surface area contributed by atoms with Crippen molar-refractivity contribution in [2.24, 2.45) is 5.92 Å². The van der Waals surface area contributed by atoms with Gasteiger partial charge in [-0.3, -0.25) is 9.63 Å². The van der Waals surface area contributed by atoms with Gasteiger partial charge in [0.25, 0.3) is 0 Å². The molecule has 0 aliphatic heterocycles. The molecule has 1 amide bonds. The van der Waals surface area contributed by atoms with E-state index in [0.717, 1.165) is 5.56 Å². The van der Waals surface area contributed by atoms with Crippen molar-refractivity contribution in [1.29, 1.82) is 0 Å². The molecule has 8 heteroatoms. The van der Waals surface area contributed by atoms with Crippen LogP contribution in [-0.2, 0) is 35.3 Å². The minimum absolute atomic E-state index is 0.0818. The van der Waals surface area contributed by atoms with E-state index in [4.69, 9.17) is 14.3 Å². The number of rotatable bonds is 12. The molecule has 0 aromatic heterocycles. The summed E-state index contributed by atoms with van der Waals surface area (Å²) < 4.78 is 9.73. The fourth-order valence-corrected chi connectivity index (χ4v) is 2.39. The van der Waals surface area contributed by atoms with E-state index in [-0.39, 0.29) is 25.7 Å². The number of benzene rings is 1. The summed E-state index contributed by atoms with van der Waals surface area (Å²) in [6, 6.07) is 7.21. The Balaban J connectivity index is 2.76. The van der Waals surface area contributed by atoms with Gasteiger partial charge in [0, 0.05) is 0 Å². The summed E-state index contributed by atoms with van der Waals surface area (Å²) >= 11 is 0. The molecule has 0 saturated carbocycles. The van der Waals surface area contributed by atoms with Gasteiger partial charge in [-0.1, -0.05) is 44.2 Å². The van der Waals surface area contributed by atoms with Crippen molar-refractivity contribution in [1.82, 2.24) is 10.8 Å². The molecule has 0 unspecified atom stereocenters. The van der Waals surface area contributed by atoms with Gasteiger partial charge in [-0.15, -0.1) is 0 Å². The van der Waals surface area contributed by atoms with Crippen LogP contribution < -0.4 is 10.8 Å². The first kappa shape index (κ1) is 23.6. The number of hydrogen-bond donors (Lipinski definition) is 2. The molecule has 0 saturated heterocycles. The van der Waals surface area contributed by atoms with Gasteiger partial charge in [-0.25, -0.2) is 9.59 Å². The highest BCUT2D eigenvalue weighted by Gasteiger charge is 2.33. The SMILES string of the molecule is CCOC(=O)C(NC(=O)[C@H](CC(C)C)NOCc1ccccc1)C(=O)OCC. The Morgan fingerprint density at radius 2 is 1.54 bits per heavy atom. The summed E-state index contributed by atoms with van der Waals surface area (Å²) in [7, 11) is 0. The Hall–Kier alpha value is -2.45. The molecule has 0 spiro atoms. The first-order valence-electron chi connectivity index (χ1n) is 9.43. The second-order valence-electron chi connectivity index (χ2n) is 6.52. The average Bonchev–Trinajstić information content (AvgIpc) is 2.66. The summed E-state index contributed by atoms with van der Waals surface area (Å²) in [5.74, 6) is -2.09. The van der Waals surface area contributed by atoms with E-state index in [2.05, 4.69) is 10.8 Å². The van der Waals surface area contributed by atoms with Gasteiger partial charge < -0.3 is 14.8 Å². The van der Waals surface area contributed by atoms with Gasteiger partial charge in [0.1, 0.15) is 6.04 Å². The van der Waals surface area contributed by atoms with Crippen molar-refractivity contribution >= 4 is 17.8 Å². The number of carbonyl (C=O) groups is 3.